The number of likely N-dealkylation sites (tertiary alicyclic amines) is 1. The molecule has 0 saturated carbocycles. The molecule has 2 aromatic rings. The van der Waals surface area contributed by atoms with Crippen molar-refractivity contribution in [3.8, 4) is 11.5 Å². The number of aryl methyl sites for hydroxylation is 1. The lowest BCUT2D eigenvalue weighted by atomic mass is 9.82. The number of nitrogens with zero attached hydrogens (tertiary/aromatic N) is 1. The van der Waals surface area contributed by atoms with Crippen molar-refractivity contribution < 1.29 is 19.1 Å². The first-order chi connectivity index (χ1) is 14.3. The summed E-state index contributed by atoms with van der Waals surface area (Å²) in [7, 11) is 0. The van der Waals surface area contributed by atoms with E-state index in [9.17, 15) is 9.59 Å². The number of amides is 1. The Morgan fingerprint density at radius 1 is 1.13 bits per heavy atom. The highest BCUT2D eigenvalue weighted by molar-refractivity contribution is 6.00. The Labute approximate surface area is 178 Å². The Balaban J connectivity index is 1.39. The average Bonchev–Trinajstić information content (AvgIpc) is 2.73. The van der Waals surface area contributed by atoms with Crippen LogP contribution in [-0.2, 0) is 0 Å². The van der Waals surface area contributed by atoms with Crippen LogP contribution in [0.4, 0.5) is 0 Å². The molecule has 158 valence electrons. The molecule has 1 saturated heterocycles. The maximum atomic E-state index is 12.9. The molecule has 2 heterocycles. The lowest BCUT2D eigenvalue weighted by Crippen LogP contribution is -2.52. The van der Waals surface area contributed by atoms with Gasteiger partial charge in [-0.3, -0.25) is 9.59 Å². The van der Waals surface area contributed by atoms with Gasteiger partial charge in [-0.1, -0.05) is 25.5 Å². The fraction of sp³-hybridized carbons (Fsp3) is 0.440. The van der Waals surface area contributed by atoms with Crippen molar-refractivity contribution in [2.45, 2.75) is 45.6 Å². The van der Waals surface area contributed by atoms with Crippen molar-refractivity contribution in [2.75, 3.05) is 19.7 Å². The van der Waals surface area contributed by atoms with Gasteiger partial charge in [0.05, 0.1) is 18.6 Å². The minimum atomic E-state index is -0.495. The molecule has 1 spiro atoms. The number of Topliss-reactive ketones (excluding diaryl/α,β-unsaturated/α-hetero) is 1. The topological polar surface area (TPSA) is 55.8 Å². The fourth-order valence-electron chi connectivity index (χ4n) is 4.14. The minimum absolute atomic E-state index is 0.0124. The van der Waals surface area contributed by atoms with Crippen LogP contribution >= 0.6 is 0 Å². The molecule has 2 aliphatic rings. The number of hydrogen-bond acceptors (Lipinski definition) is 4. The second-order valence-corrected chi connectivity index (χ2v) is 8.91. The van der Waals surface area contributed by atoms with Crippen molar-refractivity contribution in [1.29, 1.82) is 0 Å². The highest BCUT2D eigenvalue weighted by Crippen LogP contribution is 2.39. The van der Waals surface area contributed by atoms with Gasteiger partial charge in [0.2, 0.25) is 0 Å². The molecule has 5 heteroatoms. The summed E-state index contributed by atoms with van der Waals surface area (Å²) < 4.78 is 12.0. The Hall–Kier alpha value is -2.82. The SMILES string of the molecule is Cc1ccc2c(c1)C(=O)CC1(CCN(C(=O)c3ccc(OCC(C)C)cc3)CC1)O2. The second kappa shape index (κ2) is 8.13. The van der Waals surface area contributed by atoms with Crippen molar-refractivity contribution >= 4 is 11.7 Å². The summed E-state index contributed by atoms with van der Waals surface area (Å²) in [6.45, 7) is 8.00. The van der Waals surface area contributed by atoms with Crippen LogP contribution in [0.1, 0.15) is 59.4 Å². The molecule has 2 aromatic carbocycles. The molecule has 1 amide bonds. The van der Waals surface area contributed by atoms with Crippen molar-refractivity contribution in [2.24, 2.45) is 5.92 Å². The molecule has 0 unspecified atom stereocenters. The summed E-state index contributed by atoms with van der Waals surface area (Å²) in [6.07, 6.45) is 1.70. The van der Waals surface area contributed by atoms with Gasteiger partial charge < -0.3 is 14.4 Å². The van der Waals surface area contributed by atoms with Gasteiger partial charge in [0.1, 0.15) is 17.1 Å². The Morgan fingerprint density at radius 2 is 1.83 bits per heavy atom. The van der Waals surface area contributed by atoms with Crippen LogP contribution in [0.3, 0.4) is 0 Å². The highest BCUT2D eigenvalue weighted by Gasteiger charge is 2.43. The van der Waals surface area contributed by atoms with Gasteiger partial charge in [0, 0.05) is 31.5 Å². The monoisotopic (exact) mass is 407 g/mol. The first kappa shape index (κ1) is 20.5. The quantitative estimate of drug-likeness (QED) is 0.739. The number of ketones is 1. The molecule has 0 radical (unpaired) electrons. The Morgan fingerprint density at radius 3 is 2.50 bits per heavy atom. The number of hydrogen-bond donors (Lipinski definition) is 0. The van der Waals surface area contributed by atoms with E-state index in [4.69, 9.17) is 9.47 Å². The number of benzene rings is 2. The zero-order valence-electron chi connectivity index (χ0n) is 17.9. The third kappa shape index (κ3) is 4.20. The van der Waals surface area contributed by atoms with Crippen LogP contribution in [0.25, 0.3) is 0 Å². The van der Waals surface area contributed by atoms with Crippen molar-refractivity contribution in [3.05, 3.63) is 59.2 Å². The Bertz CT molecular complexity index is 940. The van der Waals surface area contributed by atoms with E-state index in [-0.39, 0.29) is 11.7 Å². The third-order valence-corrected chi connectivity index (χ3v) is 5.89. The number of carbonyl (C=O) groups excluding carboxylic acids is 2. The molecule has 1 fully saturated rings. The Kier molecular flexibility index (Phi) is 5.54. The van der Waals surface area contributed by atoms with Crippen LogP contribution in [-0.4, -0.2) is 41.9 Å². The lowest BCUT2D eigenvalue weighted by molar-refractivity contribution is -0.00572. The number of ether oxygens (including phenoxy) is 2. The van der Waals surface area contributed by atoms with E-state index in [0.717, 1.165) is 11.3 Å². The molecule has 30 heavy (non-hydrogen) atoms. The largest absolute Gasteiger partial charge is 0.493 e. The van der Waals surface area contributed by atoms with Crippen LogP contribution in [0, 0.1) is 12.8 Å². The summed E-state index contributed by atoms with van der Waals surface area (Å²) in [5.41, 5.74) is 1.90. The summed E-state index contributed by atoms with van der Waals surface area (Å²) in [6, 6.07) is 13.1. The number of piperidine rings is 1. The maximum absolute atomic E-state index is 12.9. The number of rotatable bonds is 4. The first-order valence-electron chi connectivity index (χ1n) is 10.7. The average molecular weight is 408 g/mol. The van der Waals surface area contributed by atoms with E-state index in [1.165, 1.54) is 0 Å². The van der Waals surface area contributed by atoms with Crippen LogP contribution in [0.2, 0.25) is 0 Å². The summed E-state index contributed by atoms with van der Waals surface area (Å²) in [5.74, 6) is 2.06. The second-order valence-electron chi connectivity index (χ2n) is 8.91. The zero-order chi connectivity index (χ0) is 21.3. The lowest BCUT2D eigenvalue weighted by Gasteiger charge is -2.44. The van der Waals surface area contributed by atoms with Gasteiger partial charge in [-0.15, -0.1) is 0 Å². The molecule has 5 nitrogen and oxygen atoms in total. The van der Waals surface area contributed by atoms with E-state index in [1.54, 1.807) is 0 Å². The van der Waals surface area contributed by atoms with E-state index in [2.05, 4.69) is 13.8 Å². The van der Waals surface area contributed by atoms with E-state index >= 15 is 0 Å². The normalized spacial score (nSPS) is 17.6. The molecular weight excluding hydrogens is 378 g/mol. The molecule has 4 rings (SSSR count). The summed E-state index contributed by atoms with van der Waals surface area (Å²) in [4.78, 5) is 27.5. The molecule has 0 bridgehead atoms. The molecular formula is C25H29NO4. The van der Waals surface area contributed by atoms with Crippen molar-refractivity contribution in [1.82, 2.24) is 4.90 Å². The van der Waals surface area contributed by atoms with Gasteiger partial charge in [-0.25, -0.2) is 0 Å². The van der Waals surface area contributed by atoms with E-state index < -0.39 is 5.60 Å². The van der Waals surface area contributed by atoms with Gasteiger partial charge in [-0.2, -0.15) is 0 Å². The van der Waals surface area contributed by atoms with Crippen LogP contribution in [0.5, 0.6) is 11.5 Å². The third-order valence-electron chi connectivity index (χ3n) is 5.89. The first-order valence-corrected chi connectivity index (χ1v) is 10.7. The predicted molar refractivity (Wildman–Crippen MR) is 115 cm³/mol. The van der Waals surface area contributed by atoms with Gasteiger partial charge in [0.15, 0.2) is 5.78 Å². The van der Waals surface area contributed by atoms with Gasteiger partial charge >= 0.3 is 0 Å². The summed E-state index contributed by atoms with van der Waals surface area (Å²) >= 11 is 0. The maximum Gasteiger partial charge on any atom is 0.253 e. The van der Waals surface area contributed by atoms with Gasteiger partial charge in [-0.05, 0) is 49.2 Å². The van der Waals surface area contributed by atoms with E-state index in [1.807, 2.05) is 54.3 Å². The van der Waals surface area contributed by atoms with E-state index in [0.29, 0.717) is 61.8 Å². The van der Waals surface area contributed by atoms with Gasteiger partial charge in [0.25, 0.3) is 5.91 Å². The molecule has 0 atom stereocenters. The molecule has 0 aliphatic carbocycles. The number of fused-ring (bicyclic) bond motifs is 1. The fourth-order valence-corrected chi connectivity index (χ4v) is 4.14. The molecule has 2 aliphatic heterocycles. The van der Waals surface area contributed by atoms with Crippen LogP contribution < -0.4 is 9.47 Å². The molecule has 0 aromatic heterocycles. The molecule has 0 N–H and O–H groups in total. The summed E-state index contributed by atoms with van der Waals surface area (Å²) in [5, 5.41) is 0. The number of carbonyl (C=O) groups is 2. The minimum Gasteiger partial charge on any atom is -0.493 e. The standard InChI is InChI=1S/C25H29NO4/c1-17(2)16-29-20-7-5-19(6-8-20)24(28)26-12-10-25(11-13-26)15-22(27)21-14-18(3)4-9-23(21)30-25/h4-9,14,17H,10-13,15-16H2,1-3H3. The smallest absolute Gasteiger partial charge is 0.253 e. The zero-order valence-corrected chi connectivity index (χ0v) is 17.9. The van der Waals surface area contributed by atoms with Crippen LogP contribution in [0.15, 0.2) is 42.5 Å². The van der Waals surface area contributed by atoms with Crippen molar-refractivity contribution in [3.63, 3.8) is 0 Å². The predicted octanol–water partition coefficient (Wildman–Crippen LogP) is 4.67. The highest BCUT2D eigenvalue weighted by atomic mass is 16.5.